The number of amides is 1. The van der Waals surface area contributed by atoms with Gasteiger partial charge in [0.25, 0.3) is 0 Å². The van der Waals surface area contributed by atoms with Crippen LogP contribution in [0, 0.1) is 0 Å². The molecule has 1 heterocycles. The van der Waals surface area contributed by atoms with E-state index in [0.29, 0.717) is 27.3 Å². The smallest absolute Gasteiger partial charge is 0.238 e. The summed E-state index contributed by atoms with van der Waals surface area (Å²) in [5.74, 6) is -0.185. The number of likely N-dealkylation sites (N-methyl/N-ethyl adjacent to an activating group) is 1. The number of nitrogens with zero attached hydrogens (tertiary/aromatic N) is 3. The zero-order chi connectivity index (χ0) is 17.0. The largest absolute Gasteiger partial charge is 0.324 e. The zero-order valence-corrected chi connectivity index (χ0v) is 15.1. The van der Waals surface area contributed by atoms with Crippen molar-refractivity contribution in [2.45, 2.75) is 20.0 Å². The Kier molecular flexibility index (Phi) is 6.30. The molecule has 1 amide bonds. The van der Waals surface area contributed by atoms with Crippen LogP contribution in [0.5, 0.6) is 0 Å². The van der Waals surface area contributed by atoms with Gasteiger partial charge in [-0.2, -0.15) is 5.10 Å². The molecule has 1 N–H and O–H groups in total. The molecule has 0 aliphatic carbocycles. The van der Waals surface area contributed by atoms with Crippen molar-refractivity contribution in [3.05, 3.63) is 45.2 Å². The van der Waals surface area contributed by atoms with E-state index in [9.17, 15) is 4.79 Å². The number of benzene rings is 1. The van der Waals surface area contributed by atoms with E-state index in [0.717, 1.165) is 12.1 Å². The van der Waals surface area contributed by atoms with Crippen molar-refractivity contribution in [1.29, 1.82) is 0 Å². The van der Waals surface area contributed by atoms with Crippen molar-refractivity contribution in [1.82, 2.24) is 14.7 Å². The number of hydrogen-bond acceptors (Lipinski definition) is 3. The number of rotatable bonds is 6. The molecule has 0 aliphatic heterocycles. The van der Waals surface area contributed by atoms with Crippen LogP contribution in [0.4, 0.5) is 5.69 Å². The monoisotopic (exact) mass is 374 g/mol. The van der Waals surface area contributed by atoms with Gasteiger partial charge in [0, 0.05) is 24.8 Å². The first-order chi connectivity index (χ1) is 10.9. The normalized spacial score (nSPS) is 11.0. The van der Waals surface area contributed by atoms with Crippen molar-refractivity contribution in [3.8, 4) is 0 Å². The van der Waals surface area contributed by atoms with Crippen molar-refractivity contribution in [2.24, 2.45) is 0 Å². The molecule has 8 heteroatoms. The molecule has 0 unspecified atom stereocenters. The van der Waals surface area contributed by atoms with Crippen LogP contribution in [0.15, 0.2) is 24.5 Å². The zero-order valence-electron chi connectivity index (χ0n) is 12.8. The van der Waals surface area contributed by atoms with Gasteiger partial charge in [-0.25, -0.2) is 0 Å². The topological polar surface area (TPSA) is 50.2 Å². The fourth-order valence-corrected chi connectivity index (χ4v) is 2.68. The van der Waals surface area contributed by atoms with E-state index >= 15 is 0 Å². The van der Waals surface area contributed by atoms with Gasteiger partial charge < -0.3 is 5.32 Å². The molecular weight excluding hydrogens is 359 g/mol. The predicted octanol–water partition coefficient (Wildman–Crippen LogP) is 3.93. The van der Waals surface area contributed by atoms with Gasteiger partial charge in [-0.15, -0.1) is 0 Å². The number of carbonyl (C=O) groups is 1. The lowest BCUT2D eigenvalue weighted by Crippen LogP contribution is -2.29. The van der Waals surface area contributed by atoms with Gasteiger partial charge in [0.15, 0.2) is 0 Å². The summed E-state index contributed by atoms with van der Waals surface area (Å²) < 4.78 is 1.85. The molecule has 23 heavy (non-hydrogen) atoms. The Morgan fingerprint density at radius 3 is 2.61 bits per heavy atom. The maximum absolute atomic E-state index is 12.1. The highest BCUT2D eigenvalue weighted by molar-refractivity contribution is 6.44. The van der Waals surface area contributed by atoms with E-state index in [1.165, 1.54) is 12.1 Å². The highest BCUT2D eigenvalue weighted by Gasteiger charge is 2.12. The second-order valence-corrected chi connectivity index (χ2v) is 6.39. The Labute approximate surface area is 150 Å². The third-order valence-electron chi connectivity index (χ3n) is 3.16. The molecule has 2 aromatic rings. The summed E-state index contributed by atoms with van der Waals surface area (Å²) in [4.78, 5) is 14.0. The average molecular weight is 376 g/mol. The Morgan fingerprint density at radius 1 is 1.26 bits per heavy atom. The summed E-state index contributed by atoms with van der Waals surface area (Å²) in [5.41, 5.74) is 1.49. The van der Waals surface area contributed by atoms with E-state index in [1.54, 1.807) is 6.20 Å². The van der Waals surface area contributed by atoms with Crippen LogP contribution in [0.3, 0.4) is 0 Å². The third-order valence-corrected chi connectivity index (χ3v) is 4.20. The molecule has 0 radical (unpaired) electrons. The lowest BCUT2D eigenvalue weighted by molar-refractivity contribution is -0.117. The van der Waals surface area contributed by atoms with Crippen LogP contribution in [0.1, 0.15) is 12.5 Å². The maximum atomic E-state index is 12.1. The second kappa shape index (κ2) is 8.02. The van der Waals surface area contributed by atoms with Crippen molar-refractivity contribution in [2.75, 3.05) is 18.9 Å². The van der Waals surface area contributed by atoms with E-state index < -0.39 is 0 Å². The third kappa shape index (κ3) is 5.11. The summed E-state index contributed by atoms with van der Waals surface area (Å²) in [6.45, 7) is 3.69. The van der Waals surface area contributed by atoms with Gasteiger partial charge >= 0.3 is 0 Å². The first-order valence-electron chi connectivity index (χ1n) is 7.03. The van der Waals surface area contributed by atoms with Crippen LogP contribution in [-0.2, 0) is 17.9 Å². The minimum absolute atomic E-state index is 0.185. The Bertz CT molecular complexity index is 702. The van der Waals surface area contributed by atoms with Gasteiger partial charge in [0.1, 0.15) is 0 Å². The number of aromatic nitrogens is 2. The molecule has 1 aromatic carbocycles. The molecule has 2 rings (SSSR count). The molecule has 1 aromatic heterocycles. The number of anilines is 1. The average Bonchev–Trinajstić information content (AvgIpc) is 2.92. The highest BCUT2D eigenvalue weighted by atomic mass is 35.5. The van der Waals surface area contributed by atoms with Crippen LogP contribution >= 0.6 is 34.8 Å². The molecule has 0 saturated heterocycles. The number of aryl methyl sites for hydroxylation is 1. The van der Waals surface area contributed by atoms with E-state index in [-0.39, 0.29) is 12.5 Å². The molecule has 5 nitrogen and oxygen atoms in total. The van der Waals surface area contributed by atoms with Crippen LogP contribution in [0.25, 0.3) is 0 Å². The Morgan fingerprint density at radius 2 is 1.96 bits per heavy atom. The molecule has 0 bridgehead atoms. The lowest BCUT2D eigenvalue weighted by atomic mass is 10.3. The molecule has 0 atom stereocenters. The number of halogens is 3. The maximum Gasteiger partial charge on any atom is 0.238 e. The predicted molar refractivity (Wildman–Crippen MR) is 94.3 cm³/mol. The molecule has 0 spiro atoms. The fourth-order valence-electron chi connectivity index (χ4n) is 2.08. The summed E-state index contributed by atoms with van der Waals surface area (Å²) in [5, 5.41) is 7.98. The number of nitrogens with one attached hydrogen (secondary N) is 1. The molecule has 0 fully saturated rings. The number of hydrogen-bond donors (Lipinski definition) is 1. The summed E-state index contributed by atoms with van der Waals surface area (Å²) in [6, 6.07) is 3.04. The first-order valence-corrected chi connectivity index (χ1v) is 8.16. The van der Waals surface area contributed by atoms with E-state index in [1.807, 2.05) is 29.7 Å². The molecule has 124 valence electrons. The second-order valence-electron chi connectivity index (χ2n) is 5.17. The van der Waals surface area contributed by atoms with Gasteiger partial charge in [-0.05, 0) is 26.1 Å². The quantitative estimate of drug-likeness (QED) is 0.778. The van der Waals surface area contributed by atoms with E-state index in [4.69, 9.17) is 34.8 Å². The highest BCUT2D eigenvalue weighted by Crippen LogP contribution is 2.32. The minimum Gasteiger partial charge on any atom is -0.324 e. The van der Waals surface area contributed by atoms with Crippen molar-refractivity contribution in [3.63, 3.8) is 0 Å². The van der Waals surface area contributed by atoms with Crippen molar-refractivity contribution < 1.29 is 4.79 Å². The molecule has 0 saturated carbocycles. The van der Waals surface area contributed by atoms with Gasteiger partial charge in [0.05, 0.1) is 33.5 Å². The standard InChI is InChI=1S/C15H17Cl3N4O/c1-3-22-8-10(6-19-22)7-21(2)9-15(23)20-14-5-12(17)11(16)4-13(14)18/h4-6,8H,3,7,9H2,1-2H3,(H,20,23). The Balaban J connectivity index is 1.92. The van der Waals surface area contributed by atoms with Crippen molar-refractivity contribution >= 4 is 46.4 Å². The molecular formula is C15H17Cl3N4O. The lowest BCUT2D eigenvalue weighted by Gasteiger charge is -2.16. The SMILES string of the molecule is CCn1cc(CN(C)CC(=O)Nc2cc(Cl)c(Cl)cc2Cl)cn1. The summed E-state index contributed by atoms with van der Waals surface area (Å²) in [7, 11) is 1.86. The Hall–Kier alpha value is -1.27. The summed E-state index contributed by atoms with van der Waals surface area (Å²) >= 11 is 17.9. The van der Waals surface area contributed by atoms with Gasteiger partial charge in [-0.3, -0.25) is 14.4 Å². The van der Waals surface area contributed by atoms with Crippen LogP contribution < -0.4 is 5.32 Å². The van der Waals surface area contributed by atoms with Gasteiger partial charge in [0.2, 0.25) is 5.91 Å². The first kappa shape index (κ1) is 18.1. The van der Waals surface area contributed by atoms with E-state index in [2.05, 4.69) is 10.4 Å². The fraction of sp³-hybridized carbons (Fsp3) is 0.333. The summed E-state index contributed by atoms with van der Waals surface area (Å²) in [6.07, 6.45) is 3.76. The molecule has 0 aliphatic rings. The van der Waals surface area contributed by atoms with Crippen LogP contribution in [-0.4, -0.2) is 34.2 Å². The minimum atomic E-state index is -0.185. The number of carbonyl (C=O) groups excluding carboxylic acids is 1. The van der Waals surface area contributed by atoms with Gasteiger partial charge in [-0.1, -0.05) is 34.8 Å². The van der Waals surface area contributed by atoms with Crippen LogP contribution in [0.2, 0.25) is 15.1 Å².